The summed E-state index contributed by atoms with van der Waals surface area (Å²) < 4.78 is 6.39. The van der Waals surface area contributed by atoms with Crippen LogP contribution >= 0.6 is 11.9 Å². The summed E-state index contributed by atoms with van der Waals surface area (Å²) in [5.41, 5.74) is 1.58. The first kappa shape index (κ1) is 28.0. The molecule has 34 heavy (non-hydrogen) atoms. The molecule has 0 aliphatic rings. The second-order valence-electron chi connectivity index (χ2n) is 8.93. The molecule has 1 amide bonds. The Hall–Kier alpha value is -2.22. The summed E-state index contributed by atoms with van der Waals surface area (Å²) in [6, 6.07) is 13.6. The molecule has 0 saturated heterocycles. The maximum atomic E-state index is 13.4. The van der Waals surface area contributed by atoms with Crippen molar-refractivity contribution in [2.45, 2.75) is 50.8 Å². The molecule has 0 aliphatic heterocycles. The van der Waals surface area contributed by atoms with E-state index in [1.807, 2.05) is 63.6 Å². The molecule has 188 valence electrons. The van der Waals surface area contributed by atoms with Crippen molar-refractivity contribution in [1.29, 1.82) is 0 Å². The summed E-state index contributed by atoms with van der Waals surface area (Å²) >= 11 is 1.13. The van der Waals surface area contributed by atoms with Gasteiger partial charge in [-0.2, -0.15) is 0 Å². The van der Waals surface area contributed by atoms with E-state index in [1.54, 1.807) is 4.90 Å². The highest BCUT2D eigenvalue weighted by molar-refractivity contribution is 7.97. The first-order valence-corrected chi connectivity index (χ1v) is 13.2. The van der Waals surface area contributed by atoms with Crippen LogP contribution in [0.3, 0.4) is 0 Å². The summed E-state index contributed by atoms with van der Waals surface area (Å²) in [5.74, 6) is 1.48. The van der Waals surface area contributed by atoms with Gasteiger partial charge in [0, 0.05) is 32.2 Å². The molecular formula is C27H42N4O2S. The Labute approximate surface area is 210 Å². The fourth-order valence-electron chi connectivity index (χ4n) is 3.74. The van der Waals surface area contributed by atoms with E-state index in [0.717, 1.165) is 85.8 Å². The average Bonchev–Trinajstić information content (AvgIpc) is 2.84. The molecule has 0 heterocycles. The summed E-state index contributed by atoms with van der Waals surface area (Å²) in [5, 5.41) is 6.12. The van der Waals surface area contributed by atoms with Gasteiger partial charge in [0.15, 0.2) is 5.75 Å². The highest BCUT2D eigenvalue weighted by atomic mass is 32.2. The highest BCUT2D eigenvalue weighted by Crippen LogP contribution is 2.41. The number of ether oxygens (including phenoxy) is 1. The van der Waals surface area contributed by atoms with E-state index in [-0.39, 0.29) is 5.91 Å². The van der Waals surface area contributed by atoms with Crippen LogP contribution in [0.4, 0.5) is 5.69 Å². The molecule has 0 bridgehead atoms. The van der Waals surface area contributed by atoms with E-state index in [4.69, 9.17) is 9.88 Å². The van der Waals surface area contributed by atoms with Crippen molar-refractivity contribution in [2.24, 2.45) is 5.14 Å². The van der Waals surface area contributed by atoms with Crippen molar-refractivity contribution in [3.8, 4) is 11.5 Å². The highest BCUT2D eigenvalue weighted by Gasteiger charge is 2.22. The van der Waals surface area contributed by atoms with Crippen molar-refractivity contribution in [1.82, 2.24) is 9.80 Å². The van der Waals surface area contributed by atoms with E-state index < -0.39 is 0 Å². The van der Waals surface area contributed by atoms with Gasteiger partial charge < -0.3 is 19.4 Å². The van der Waals surface area contributed by atoms with Gasteiger partial charge in [-0.05, 0) is 76.1 Å². The van der Waals surface area contributed by atoms with E-state index in [9.17, 15) is 4.79 Å². The molecule has 2 N–H and O–H groups in total. The van der Waals surface area contributed by atoms with E-state index in [1.165, 1.54) is 0 Å². The summed E-state index contributed by atoms with van der Waals surface area (Å²) in [6.07, 6.45) is 5.27. The van der Waals surface area contributed by atoms with Crippen LogP contribution in [0.2, 0.25) is 0 Å². The maximum Gasteiger partial charge on any atom is 0.253 e. The Morgan fingerprint density at radius 1 is 0.912 bits per heavy atom. The number of carbonyl (C=O) groups excluding carboxylic acids is 1. The Balaban J connectivity index is 2.48. The lowest BCUT2D eigenvalue weighted by atomic mass is 10.1. The molecular weight excluding hydrogens is 444 g/mol. The van der Waals surface area contributed by atoms with Crippen LogP contribution in [-0.2, 0) is 0 Å². The summed E-state index contributed by atoms with van der Waals surface area (Å²) in [6.45, 7) is 7.86. The average molecular weight is 487 g/mol. The summed E-state index contributed by atoms with van der Waals surface area (Å²) in [4.78, 5) is 20.4. The molecule has 0 radical (unpaired) electrons. The third-order valence-corrected chi connectivity index (χ3v) is 6.28. The largest absolute Gasteiger partial charge is 0.454 e. The van der Waals surface area contributed by atoms with Crippen molar-refractivity contribution in [2.75, 3.05) is 52.2 Å². The SMILES string of the molecule is CCCCN(CCCC)c1cc(C(=O)N(C)CCCN(C)C)cc(SN)c1Oc1ccccc1. The van der Waals surface area contributed by atoms with Gasteiger partial charge in [0.05, 0.1) is 10.6 Å². The molecule has 0 atom stereocenters. The molecule has 2 aromatic rings. The number of rotatable bonds is 15. The molecule has 2 aromatic carbocycles. The Morgan fingerprint density at radius 3 is 2.12 bits per heavy atom. The van der Waals surface area contributed by atoms with Crippen LogP contribution in [0.15, 0.2) is 47.4 Å². The number of nitrogens with zero attached hydrogens (tertiary/aromatic N) is 3. The Kier molecular flexibility index (Phi) is 12.3. The van der Waals surface area contributed by atoms with Crippen LogP contribution in [0.5, 0.6) is 11.5 Å². The van der Waals surface area contributed by atoms with Crippen LogP contribution in [0, 0.1) is 0 Å². The fourth-order valence-corrected chi connectivity index (χ4v) is 4.19. The van der Waals surface area contributed by atoms with Gasteiger partial charge >= 0.3 is 0 Å². The van der Waals surface area contributed by atoms with Gasteiger partial charge in [-0.25, -0.2) is 0 Å². The van der Waals surface area contributed by atoms with Gasteiger partial charge in [-0.15, -0.1) is 0 Å². The van der Waals surface area contributed by atoms with Crippen molar-refractivity contribution < 1.29 is 9.53 Å². The zero-order valence-electron chi connectivity index (χ0n) is 21.5. The van der Waals surface area contributed by atoms with Gasteiger partial charge in [0.1, 0.15) is 5.75 Å². The van der Waals surface area contributed by atoms with Crippen molar-refractivity contribution in [3.63, 3.8) is 0 Å². The molecule has 0 spiro atoms. The minimum atomic E-state index is 0.00694. The number of carbonyl (C=O) groups is 1. The predicted molar refractivity (Wildman–Crippen MR) is 145 cm³/mol. The normalized spacial score (nSPS) is 11.0. The predicted octanol–water partition coefficient (Wildman–Crippen LogP) is 5.88. The number of unbranched alkanes of at least 4 members (excludes halogenated alkanes) is 2. The standard InChI is InChI=1S/C27H42N4O2S/c1-6-8-18-31(19-9-7-2)24-20-22(27(32)30(5)17-13-16-29(3)4)21-25(34-28)26(24)33-23-14-11-10-12-15-23/h10-12,14-15,20-21H,6-9,13,16-19,28H2,1-5H3. The van der Waals surface area contributed by atoms with Gasteiger partial charge in [0.2, 0.25) is 0 Å². The quantitative estimate of drug-likeness (QED) is 0.318. The third-order valence-electron chi connectivity index (χ3n) is 5.72. The molecule has 0 unspecified atom stereocenters. The lowest BCUT2D eigenvalue weighted by molar-refractivity contribution is 0.0790. The number of anilines is 1. The van der Waals surface area contributed by atoms with Gasteiger partial charge in [0.25, 0.3) is 5.91 Å². The van der Waals surface area contributed by atoms with Gasteiger partial charge in [-0.1, -0.05) is 44.9 Å². The van der Waals surface area contributed by atoms with Crippen molar-refractivity contribution >= 4 is 23.5 Å². The van der Waals surface area contributed by atoms with E-state index in [0.29, 0.717) is 12.1 Å². The number of hydrogen-bond acceptors (Lipinski definition) is 6. The maximum absolute atomic E-state index is 13.4. The van der Waals surface area contributed by atoms with Crippen molar-refractivity contribution in [3.05, 3.63) is 48.0 Å². The topological polar surface area (TPSA) is 62.0 Å². The van der Waals surface area contributed by atoms with E-state index in [2.05, 4.69) is 23.6 Å². The minimum Gasteiger partial charge on any atom is -0.454 e. The summed E-state index contributed by atoms with van der Waals surface area (Å²) in [7, 11) is 5.96. The zero-order chi connectivity index (χ0) is 24.9. The first-order valence-electron chi connectivity index (χ1n) is 12.3. The van der Waals surface area contributed by atoms with Gasteiger partial charge in [-0.3, -0.25) is 9.93 Å². The fraction of sp³-hybridized carbons (Fsp3) is 0.519. The van der Waals surface area contributed by atoms with Crippen LogP contribution in [-0.4, -0.2) is 63.0 Å². The Morgan fingerprint density at radius 2 is 1.56 bits per heavy atom. The lowest BCUT2D eigenvalue weighted by Crippen LogP contribution is -2.31. The Bertz CT molecular complexity index is 868. The number of benzene rings is 2. The zero-order valence-corrected chi connectivity index (χ0v) is 22.4. The number of nitrogens with two attached hydrogens (primary N) is 1. The molecule has 6 nitrogen and oxygen atoms in total. The molecule has 0 aliphatic carbocycles. The smallest absolute Gasteiger partial charge is 0.253 e. The molecule has 7 heteroatoms. The van der Waals surface area contributed by atoms with E-state index >= 15 is 0 Å². The van der Waals surface area contributed by atoms with Crippen LogP contribution in [0.25, 0.3) is 0 Å². The molecule has 0 saturated carbocycles. The molecule has 2 rings (SSSR count). The number of amides is 1. The third kappa shape index (κ3) is 8.53. The number of para-hydroxylation sites is 1. The van der Waals surface area contributed by atoms with Crippen LogP contribution in [0.1, 0.15) is 56.3 Å². The second kappa shape index (κ2) is 14.9. The van der Waals surface area contributed by atoms with Crippen LogP contribution < -0.4 is 14.8 Å². The first-order chi connectivity index (χ1) is 16.4. The molecule has 0 aromatic heterocycles. The second-order valence-corrected chi connectivity index (χ2v) is 9.61. The monoisotopic (exact) mass is 486 g/mol. The molecule has 0 fully saturated rings. The number of hydrogen-bond donors (Lipinski definition) is 1. The minimum absolute atomic E-state index is 0.00694. The lowest BCUT2D eigenvalue weighted by Gasteiger charge is -2.29.